The standard InChI is InChI=1S/C14H22N2O5S/c1-4-9-15-22(18,19)11-7-8-13(20-5-2)12(10-11)16-14(17)21-6-3/h7-8,10,15H,4-6,9H2,1-3H3,(H,16,17). The van der Waals surface area contributed by atoms with Crippen LogP contribution in [0.25, 0.3) is 0 Å². The summed E-state index contributed by atoms with van der Waals surface area (Å²) in [6.45, 7) is 6.29. The van der Waals surface area contributed by atoms with E-state index < -0.39 is 16.1 Å². The van der Waals surface area contributed by atoms with Gasteiger partial charge >= 0.3 is 6.09 Å². The van der Waals surface area contributed by atoms with Crippen LogP contribution in [0.5, 0.6) is 5.75 Å². The van der Waals surface area contributed by atoms with E-state index >= 15 is 0 Å². The maximum atomic E-state index is 12.1. The minimum absolute atomic E-state index is 0.0520. The maximum Gasteiger partial charge on any atom is 0.411 e. The predicted octanol–water partition coefficient (Wildman–Crippen LogP) is 2.34. The molecule has 0 bridgehead atoms. The summed E-state index contributed by atoms with van der Waals surface area (Å²) in [5, 5.41) is 2.49. The van der Waals surface area contributed by atoms with E-state index in [1.165, 1.54) is 18.2 Å². The molecule has 1 amide bonds. The molecular formula is C14H22N2O5S. The fourth-order valence-corrected chi connectivity index (χ4v) is 2.81. The Bertz CT molecular complexity index is 601. The summed E-state index contributed by atoms with van der Waals surface area (Å²) in [5.41, 5.74) is 0.250. The van der Waals surface area contributed by atoms with Gasteiger partial charge in [0.15, 0.2) is 0 Å². The number of benzene rings is 1. The molecule has 0 spiro atoms. The predicted molar refractivity (Wildman–Crippen MR) is 83.7 cm³/mol. The van der Waals surface area contributed by atoms with E-state index in [-0.39, 0.29) is 17.2 Å². The minimum Gasteiger partial charge on any atom is -0.492 e. The molecule has 1 aromatic carbocycles. The lowest BCUT2D eigenvalue weighted by molar-refractivity contribution is 0.167. The third-order valence-corrected chi connectivity index (χ3v) is 4.07. The SMILES string of the molecule is CCCNS(=O)(=O)c1ccc(OCC)c(NC(=O)OCC)c1. The zero-order valence-electron chi connectivity index (χ0n) is 13.0. The molecule has 2 N–H and O–H groups in total. The molecule has 0 atom stereocenters. The highest BCUT2D eigenvalue weighted by Crippen LogP contribution is 2.28. The first-order chi connectivity index (χ1) is 10.4. The lowest BCUT2D eigenvalue weighted by Gasteiger charge is -2.13. The largest absolute Gasteiger partial charge is 0.492 e. The van der Waals surface area contributed by atoms with Crippen LogP contribution >= 0.6 is 0 Å². The van der Waals surface area contributed by atoms with E-state index in [1.54, 1.807) is 13.8 Å². The molecule has 22 heavy (non-hydrogen) atoms. The van der Waals surface area contributed by atoms with E-state index in [2.05, 4.69) is 10.0 Å². The van der Waals surface area contributed by atoms with E-state index in [0.29, 0.717) is 25.3 Å². The van der Waals surface area contributed by atoms with Gasteiger partial charge in [-0.25, -0.2) is 17.9 Å². The van der Waals surface area contributed by atoms with Gasteiger partial charge in [0.05, 0.1) is 23.8 Å². The van der Waals surface area contributed by atoms with E-state index in [0.717, 1.165) is 0 Å². The van der Waals surface area contributed by atoms with Crippen molar-refractivity contribution in [2.24, 2.45) is 0 Å². The quantitative estimate of drug-likeness (QED) is 0.763. The van der Waals surface area contributed by atoms with Gasteiger partial charge < -0.3 is 9.47 Å². The summed E-state index contributed by atoms with van der Waals surface area (Å²) in [5.74, 6) is 0.380. The molecule has 0 aliphatic rings. The van der Waals surface area contributed by atoms with Gasteiger partial charge in [0.2, 0.25) is 10.0 Å². The third kappa shape index (κ3) is 5.19. The number of anilines is 1. The van der Waals surface area contributed by atoms with Gasteiger partial charge in [0.1, 0.15) is 5.75 Å². The summed E-state index contributed by atoms with van der Waals surface area (Å²) < 4.78 is 36.9. The van der Waals surface area contributed by atoms with Crippen molar-refractivity contribution in [3.8, 4) is 5.75 Å². The first kappa shape index (κ1) is 18.2. The van der Waals surface area contributed by atoms with Crippen molar-refractivity contribution in [3.63, 3.8) is 0 Å². The number of hydrogen-bond acceptors (Lipinski definition) is 5. The molecule has 0 saturated heterocycles. The molecule has 0 aliphatic carbocycles. The van der Waals surface area contributed by atoms with Crippen LogP contribution in [0.1, 0.15) is 27.2 Å². The van der Waals surface area contributed by atoms with Crippen LogP contribution < -0.4 is 14.8 Å². The summed E-state index contributed by atoms with van der Waals surface area (Å²) >= 11 is 0. The molecule has 0 aromatic heterocycles. The number of hydrogen-bond donors (Lipinski definition) is 2. The molecule has 1 aromatic rings. The molecule has 0 aliphatic heterocycles. The topological polar surface area (TPSA) is 93.7 Å². The summed E-state index contributed by atoms with van der Waals surface area (Å²) in [4.78, 5) is 11.6. The number of carbonyl (C=O) groups is 1. The molecule has 1 rings (SSSR count). The lowest BCUT2D eigenvalue weighted by atomic mass is 10.3. The number of amides is 1. The molecule has 0 fully saturated rings. The van der Waals surface area contributed by atoms with Crippen molar-refractivity contribution in [2.75, 3.05) is 25.1 Å². The molecule has 7 nitrogen and oxygen atoms in total. The molecule has 0 unspecified atom stereocenters. The Balaban J connectivity index is 3.10. The average Bonchev–Trinajstić information content (AvgIpc) is 2.47. The van der Waals surface area contributed by atoms with Crippen molar-refractivity contribution in [1.82, 2.24) is 4.72 Å². The van der Waals surface area contributed by atoms with Crippen LogP contribution in [0.3, 0.4) is 0 Å². The number of ether oxygens (including phenoxy) is 2. The Morgan fingerprint density at radius 1 is 1.18 bits per heavy atom. The van der Waals surface area contributed by atoms with Gasteiger partial charge in [-0.05, 0) is 38.5 Å². The molecule has 8 heteroatoms. The van der Waals surface area contributed by atoms with Crippen molar-refractivity contribution in [1.29, 1.82) is 0 Å². The normalized spacial score (nSPS) is 11.0. The Kier molecular flexibility index (Phi) is 7.13. The first-order valence-corrected chi connectivity index (χ1v) is 8.63. The van der Waals surface area contributed by atoms with E-state index in [9.17, 15) is 13.2 Å². The highest BCUT2D eigenvalue weighted by atomic mass is 32.2. The zero-order chi connectivity index (χ0) is 16.6. The lowest BCUT2D eigenvalue weighted by Crippen LogP contribution is -2.24. The fourth-order valence-electron chi connectivity index (χ4n) is 1.65. The zero-order valence-corrected chi connectivity index (χ0v) is 13.8. The summed E-state index contributed by atoms with van der Waals surface area (Å²) in [6, 6.07) is 4.28. The van der Waals surface area contributed by atoms with Gasteiger partial charge in [-0.3, -0.25) is 5.32 Å². The second-order valence-electron chi connectivity index (χ2n) is 4.33. The Morgan fingerprint density at radius 2 is 1.91 bits per heavy atom. The van der Waals surface area contributed by atoms with Crippen molar-refractivity contribution in [2.45, 2.75) is 32.1 Å². The minimum atomic E-state index is -3.62. The maximum absolute atomic E-state index is 12.1. The van der Waals surface area contributed by atoms with Crippen LogP contribution in [0.4, 0.5) is 10.5 Å². The van der Waals surface area contributed by atoms with E-state index in [4.69, 9.17) is 9.47 Å². The van der Waals surface area contributed by atoms with Gasteiger partial charge in [0.25, 0.3) is 0 Å². The second-order valence-corrected chi connectivity index (χ2v) is 6.10. The number of rotatable bonds is 8. The molecule has 124 valence electrons. The van der Waals surface area contributed by atoms with Crippen molar-refractivity contribution in [3.05, 3.63) is 18.2 Å². The molecular weight excluding hydrogens is 308 g/mol. The number of sulfonamides is 1. The van der Waals surface area contributed by atoms with Gasteiger partial charge in [-0.1, -0.05) is 6.92 Å². The Morgan fingerprint density at radius 3 is 2.50 bits per heavy atom. The van der Waals surface area contributed by atoms with Crippen LogP contribution in [-0.2, 0) is 14.8 Å². The number of carbonyl (C=O) groups excluding carboxylic acids is 1. The van der Waals surface area contributed by atoms with Crippen LogP contribution in [0, 0.1) is 0 Å². The highest BCUT2D eigenvalue weighted by molar-refractivity contribution is 7.89. The monoisotopic (exact) mass is 330 g/mol. The fraction of sp³-hybridized carbons (Fsp3) is 0.500. The van der Waals surface area contributed by atoms with Crippen LogP contribution in [0.15, 0.2) is 23.1 Å². The average molecular weight is 330 g/mol. The van der Waals surface area contributed by atoms with Gasteiger partial charge in [0, 0.05) is 6.54 Å². The molecule has 0 heterocycles. The Hall–Kier alpha value is -1.80. The van der Waals surface area contributed by atoms with Gasteiger partial charge in [-0.2, -0.15) is 0 Å². The highest BCUT2D eigenvalue weighted by Gasteiger charge is 2.17. The van der Waals surface area contributed by atoms with Crippen LogP contribution in [0.2, 0.25) is 0 Å². The van der Waals surface area contributed by atoms with Gasteiger partial charge in [-0.15, -0.1) is 0 Å². The summed E-state index contributed by atoms with van der Waals surface area (Å²) in [7, 11) is -3.62. The number of nitrogens with one attached hydrogen (secondary N) is 2. The first-order valence-electron chi connectivity index (χ1n) is 7.14. The Labute approximate surface area is 131 Å². The van der Waals surface area contributed by atoms with Crippen LogP contribution in [-0.4, -0.2) is 34.3 Å². The van der Waals surface area contributed by atoms with Crippen molar-refractivity contribution < 1.29 is 22.7 Å². The second kappa shape index (κ2) is 8.60. The van der Waals surface area contributed by atoms with E-state index in [1.807, 2.05) is 6.92 Å². The summed E-state index contributed by atoms with van der Waals surface area (Å²) in [6.07, 6.45) is 0.0176. The molecule has 0 saturated carbocycles. The van der Waals surface area contributed by atoms with Crippen molar-refractivity contribution >= 4 is 21.8 Å². The smallest absolute Gasteiger partial charge is 0.411 e. The third-order valence-electron chi connectivity index (χ3n) is 2.62. The molecule has 0 radical (unpaired) electrons.